The van der Waals surface area contributed by atoms with Crippen LogP contribution in [0.4, 0.5) is 10.8 Å². The molecule has 1 aromatic heterocycles. The largest absolute Gasteiger partial charge is 0.508 e. The zero-order chi connectivity index (χ0) is 12.4. The van der Waals surface area contributed by atoms with Crippen molar-refractivity contribution in [3.05, 3.63) is 48.5 Å². The van der Waals surface area contributed by atoms with E-state index in [-0.39, 0.29) is 5.75 Å². The number of aromatic nitrogens is 1. The molecule has 1 N–H and O–H groups in total. The maximum absolute atomic E-state index is 9.15. The number of nitrogens with zero attached hydrogens (tertiary/aromatic N) is 3. The molecule has 0 amide bonds. The lowest BCUT2D eigenvalue weighted by atomic mass is 10.3. The van der Waals surface area contributed by atoms with Crippen LogP contribution in [0.1, 0.15) is 0 Å². The number of azo groups is 1. The van der Waals surface area contributed by atoms with Gasteiger partial charge in [0.2, 0.25) is 5.13 Å². The van der Waals surface area contributed by atoms with Crippen molar-refractivity contribution in [1.29, 1.82) is 0 Å². The van der Waals surface area contributed by atoms with Crippen molar-refractivity contribution in [3.8, 4) is 5.75 Å². The van der Waals surface area contributed by atoms with Crippen LogP contribution in [0.25, 0.3) is 10.2 Å². The summed E-state index contributed by atoms with van der Waals surface area (Å²) in [5.41, 5.74) is 1.62. The van der Waals surface area contributed by atoms with Crippen LogP contribution >= 0.6 is 11.3 Å². The normalized spacial score (nSPS) is 11.3. The molecular weight excluding hydrogens is 246 g/mol. The fourth-order valence-electron chi connectivity index (χ4n) is 1.52. The Bertz CT molecular complexity index is 671. The maximum Gasteiger partial charge on any atom is 0.231 e. The number of phenols is 1. The number of hydrogen-bond donors (Lipinski definition) is 1. The summed E-state index contributed by atoms with van der Waals surface area (Å²) < 4.78 is 1.09. The van der Waals surface area contributed by atoms with E-state index in [0.717, 1.165) is 10.2 Å². The maximum atomic E-state index is 9.15. The third-order valence-electron chi connectivity index (χ3n) is 2.38. The monoisotopic (exact) mass is 255 g/mol. The summed E-state index contributed by atoms with van der Waals surface area (Å²) in [5.74, 6) is 0.217. The second-order valence-electron chi connectivity index (χ2n) is 3.68. The van der Waals surface area contributed by atoms with Crippen LogP contribution in [-0.4, -0.2) is 10.1 Å². The van der Waals surface area contributed by atoms with Gasteiger partial charge in [-0.25, -0.2) is 4.98 Å². The number of para-hydroxylation sites is 1. The molecule has 0 aliphatic heterocycles. The lowest BCUT2D eigenvalue weighted by Crippen LogP contribution is -1.65. The van der Waals surface area contributed by atoms with Crippen molar-refractivity contribution in [2.75, 3.05) is 0 Å². The minimum atomic E-state index is 0.217. The predicted molar refractivity (Wildman–Crippen MR) is 71.9 cm³/mol. The number of hydrogen-bond acceptors (Lipinski definition) is 5. The van der Waals surface area contributed by atoms with Crippen molar-refractivity contribution in [1.82, 2.24) is 4.98 Å². The van der Waals surface area contributed by atoms with Gasteiger partial charge in [0.15, 0.2) is 0 Å². The van der Waals surface area contributed by atoms with Crippen LogP contribution in [0, 0.1) is 0 Å². The Morgan fingerprint density at radius 2 is 1.72 bits per heavy atom. The van der Waals surface area contributed by atoms with Crippen LogP contribution in [0.2, 0.25) is 0 Å². The molecular formula is C13H9N3OS. The number of thiazole rings is 1. The topological polar surface area (TPSA) is 57.8 Å². The zero-order valence-corrected chi connectivity index (χ0v) is 10.1. The van der Waals surface area contributed by atoms with Gasteiger partial charge < -0.3 is 5.11 Å². The highest BCUT2D eigenvalue weighted by Gasteiger charge is 2.01. The Hall–Kier alpha value is -2.27. The van der Waals surface area contributed by atoms with E-state index in [4.69, 9.17) is 5.11 Å². The molecule has 0 fully saturated rings. The van der Waals surface area contributed by atoms with E-state index in [1.54, 1.807) is 24.3 Å². The minimum Gasteiger partial charge on any atom is -0.508 e. The van der Waals surface area contributed by atoms with Crippen molar-refractivity contribution < 1.29 is 5.11 Å². The standard InChI is InChI=1S/C13H9N3OS/c17-10-7-5-9(6-8-10)15-16-13-14-11-3-1-2-4-12(11)18-13/h1-8,17H. The molecule has 0 atom stereocenters. The highest BCUT2D eigenvalue weighted by atomic mass is 32.1. The van der Waals surface area contributed by atoms with Crippen molar-refractivity contribution in [3.63, 3.8) is 0 Å². The number of fused-ring (bicyclic) bond motifs is 1. The minimum absolute atomic E-state index is 0.217. The number of benzene rings is 2. The van der Waals surface area contributed by atoms with Crippen LogP contribution in [0.3, 0.4) is 0 Å². The van der Waals surface area contributed by atoms with E-state index >= 15 is 0 Å². The number of aromatic hydroxyl groups is 1. The molecule has 0 saturated carbocycles. The van der Waals surface area contributed by atoms with Gasteiger partial charge in [0, 0.05) is 0 Å². The molecule has 0 unspecified atom stereocenters. The van der Waals surface area contributed by atoms with E-state index in [1.807, 2.05) is 24.3 Å². The third kappa shape index (κ3) is 2.21. The Kier molecular flexibility index (Phi) is 2.74. The first kappa shape index (κ1) is 10.9. The van der Waals surface area contributed by atoms with Gasteiger partial charge >= 0.3 is 0 Å². The fourth-order valence-corrected chi connectivity index (χ4v) is 2.31. The lowest BCUT2D eigenvalue weighted by Gasteiger charge is -1.91. The van der Waals surface area contributed by atoms with E-state index in [0.29, 0.717) is 10.8 Å². The molecule has 0 radical (unpaired) electrons. The molecule has 5 heteroatoms. The van der Waals surface area contributed by atoms with Gasteiger partial charge in [0.1, 0.15) is 5.75 Å². The Labute approximate surface area is 107 Å². The second-order valence-corrected chi connectivity index (χ2v) is 4.69. The molecule has 0 aliphatic carbocycles. The first-order valence-corrected chi connectivity index (χ1v) is 6.19. The summed E-state index contributed by atoms with van der Waals surface area (Å²) in [4.78, 5) is 4.35. The summed E-state index contributed by atoms with van der Waals surface area (Å²) in [6, 6.07) is 14.4. The SMILES string of the molecule is Oc1ccc(N=Nc2nc3ccccc3s2)cc1. The molecule has 2 aromatic carbocycles. The summed E-state index contributed by atoms with van der Waals surface area (Å²) in [7, 11) is 0. The van der Waals surface area contributed by atoms with Gasteiger partial charge in [0.25, 0.3) is 0 Å². The molecule has 0 bridgehead atoms. The molecule has 3 aromatic rings. The molecule has 1 heterocycles. The average molecular weight is 255 g/mol. The van der Waals surface area contributed by atoms with E-state index in [2.05, 4.69) is 15.2 Å². The molecule has 0 spiro atoms. The molecule has 88 valence electrons. The summed E-state index contributed by atoms with van der Waals surface area (Å²) in [6.45, 7) is 0. The Balaban J connectivity index is 1.89. The molecule has 4 nitrogen and oxygen atoms in total. The summed E-state index contributed by atoms with van der Waals surface area (Å²) in [5, 5.41) is 18.0. The van der Waals surface area contributed by atoms with Crippen molar-refractivity contribution >= 4 is 32.4 Å². The predicted octanol–water partition coefficient (Wildman–Crippen LogP) is 4.42. The second kappa shape index (κ2) is 4.54. The van der Waals surface area contributed by atoms with Crippen LogP contribution < -0.4 is 0 Å². The summed E-state index contributed by atoms with van der Waals surface area (Å²) >= 11 is 1.50. The van der Waals surface area contributed by atoms with Gasteiger partial charge in [-0.2, -0.15) is 0 Å². The molecule has 18 heavy (non-hydrogen) atoms. The molecule has 3 rings (SSSR count). The zero-order valence-electron chi connectivity index (χ0n) is 9.32. The van der Waals surface area contributed by atoms with E-state index in [9.17, 15) is 0 Å². The quantitative estimate of drug-likeness (QED) is 0.689. The highest BCUT2D eigenvalue weighted by Crippen LogP contribution is 2.29. The van der Waals surface area contributed by atoms with Crippen LogP contribution in [0.15, 0.2) is 58.8 Å². The van der Waals surface area contributed by atoms with Gasteiger partial charge in [-0.3, -0.25) is 0 Å². The van der Waals surface area contributed by atoms with Gasteiger partial charge in [-0.1, -0.05) is 23.5 Å². The summed E-state index contributed by atoms with van der Waals surface area (Å²) in [6.07, 6.45) is 0. The van der Waals surface area contributed by atoms with Crippen LogP contribution in [-0.2, 0) is 0 Å². The first-order valence-electron chi connectivity index (χ1n) is 5.37. The van der Waals surface area contributed by atoms with E-state index < -0.39 is 0 Å². The highest BCUT2D eigenvalue weighted by molar-refractivity contribution is 7.21. The first-order chi connectivity index (χ1) is 8.81. The third-order valence-corrected chi connectivity index (χ3v) is 3.30. The fraction of sp³-hybridized carbons (Fsp3) is 0. The molecule has 0 aliphatic rings. The van der Waals surface area contributed by atoms with E-state index in [1.165, 1.54) is 11.3 Å². The van der Waals surface area contributed by atoms with Gasteiger partial charge in [0.05, 0.1) is 15.9 Å². The van der Waals surface area contributed by atoms with Crippen LogP contribution in [0.5, 0.6) is 5.75 Å². The number of rotatable bonds is 2. The Morgan fingerprint density at radius 3 is 2.50 bits per heavy atom. The average Bonchev–Trinajstić information content (AvgIpc) is 2.81. The smallest absolute Gasteiger partial charge is 0.231 e. The van der Waals surface area contributed by atoms with Gasteiger partial charge in [-0.15, -0.1) is 10.2 Å². The van der Waals surface area contributed by atoms with Crippen molar-refractivity contribution in [2.24, 2.45) is 10.2 Å². The van der Waals surface area contributed by atoms with Gasteiger partial charge in [-0.05, 0) is 36.4 Å². The lowest BCUT2D eigenvalue weighted by molar-refractivity contribution is 0.475. The number of phenolic OH excluding ortho intramolecular Hbond substituents is 1. The Morgan fingerprint density at radius 1 is 0.944 bits per heavy atom. The van der Waals surface area contributed by atoms with Crippen molar-refractivity contribution in [2.45, 2.75) is 0 Å². The molecule has 0 saturated heterocycles.